The molecule has 0 aliphatic carbocycles. The lowest BCUT2D eigenvalue weighted by atomic mass is 10.2. The SMILES string of the molecule is COc1c(F)cc(CN)cc1I. The zero-order chi connectivity index (χ0) is 9.14. The summed E-state index contributed by atoms with van der Waals surface area (Å²) in [6.07, 6.45) is 0. The molecule has 1 rings (SSSR count). The molecule has 2 nitrogen and oxygen atoms in total. The highest BCUT2D eigenvalue weighted by Gasteiger charge is 2.08. The van der Waals surface area contributed by atoms with E-state index in [-0.39, 0.29) is 11.6 Å². The Balaban J connectivity index is 3.18. The largest absolute Gasteiger partial charge is 0.493 e. The van der Waals surface area contributed by atoms with Crippen LogP contribution in [0, 0.1) is 9.39 Å². The van der Waals surface area contributed by atoms with Crippen LogP contribution >= 0.6 is 22.6 Å². The number of methoxy groups -OCH3 is 1. The molecule has 0 heterocycles. The highest BCUT2D eigenvalue weighted by Crippen LogP contribution is 2.25. The molecule has 2 N–H and O–H groups in total. The van der Waals surface area contributed by atoms with Gasteiger partial charge in [0.05, 0.1) is 10.7 Å². The third kappa shape index (κ3) is 1.87. The lowest BCUT2D eigenvalue weighted by Gasteiger charge is -2.06. The summed E-state index contributed by atoms with van der Waals surface area (Å²) >= 11 is 2.01. The van der Waals surface area contributed by atoms with Crippen LogP contribution in [0.2, 0.25) is 0 Å². The van der Waals surface area contributed by atoms with Crippen LogP contribution in [0.15, 0.2) is 12.1 Å². The van der Waals surface area contributed by atoms with Gasteiger partial charge in [-0.2, -0.15) is 0 Å². The highest BCUT2D eigenvalue weighted by molar-refractivity contribution is 14.1. The Labute approximate surface area is 84.0 Å². The quantitative estimate of drug-likeness (QED) is 0.840. The first-order valence-corrected chi connectivity index (χ1v) is 4.49. The maximum Gasteiger partial charge on any atom is 0.167 e. The molecule has 1 aromatic carbocycles. The van der Waals surface area contributed by atoms with Gasteiger partial charge in [0.1, 0.15) is 0 Å². The Hall–Kier alpha value is -0.360. The lowest BCUT2D eigenvalue weighted by Crippen LogP contribution is -1.99. The van der Waals surface area contributed by atoms with E-state index in [2.05, 4.69) is 0 Å². The first kappa shape index (κ1) is 9.73. The van der Waals surface area contributed by atoms with Crippen molar-refractivity contribution in [2.75, 3.05) is 7.11 Å². The molecule has 66 valence electrons. The second-order valence-corrected chi connectivity index (χ2v) is 3.46. The Morgan fingerprint density at radius 1 is 1.58 bits per heavy atom. The number of halogens is 2. The molecule has 12 heavy (non-hydrogen) atoms. The maximum atomic E-state index is 13.1. The smallest absolute Gasteiger partial charge is 0.167 e. The maximum absolute atomic E-state index is 13.1. The van der Waals surface area contributed by atoms with Gasteiger partial charge in [-0.1, -0.05) is 0 Å². The van der Waals surface area contributed by atoms with E-state index in [1.165, 1.54) is 13.2 Å². The van der Waals surface area contributed by atoms with E-state index in [0.29, 0.717) is 6.54 Å². The Kier molecular flexibility index (Phi) is 3.28. The second kappa shape index (κ2) is 4.04. The normalized spacial score (nSPS) is 10.0. The van der Waals surface area contributed by atoms with E-state index < -0.39 is 0 Å². The summed E-state index contributed by atoms with van der Waals surface area (Å²) in [6, 6.07) is 3.20. The van der Waals surface area contributed by atoms with Crippen molar-refractivity contribution >= 4 is 22.6 Å². The van der Waals surface area contributed by atoms with E-state index in [1.54, 1.807) is 0 Å². The molecule has 0 aliphatic rings. The third-order valence-corrected chi connectivity index (χ3v) is 2.30. The molecule has 0 bridgehead atoms. The van der Waals surface area contributed by atoms with Gasteiger partial charge in [0.25, 0.3) is 0 Å². The van der Waals surface area contributed by atoms with Gasteiger partial charge in [0, 0.05) is 6.54 Å². The van der Waals surface area contributed by atoms with E-state index in [9.17, 15) is 4.39 Å². The zero-order valence-corrected chi connectivity index (χ0v) is 8.76. The highest BCUT2D eigenvalue weighted by atomic mass is 127. The molecule has 1 aromatic rings. The van der Waals surface area contributed by atoms with E-state index in [0.717, 1.165) is 9.13 Å². The van der Waals surface area contributed by atoms with Crippen LogP contribution in [-0.4, -0.2) is 7.11 Å². The van der Waals surface area contributed by atoms with Crippen molar-refractivity contribution < 1.29 is 9.13 Å². The summed E-state index contributed by atoms with van der Waals surface area (Å²) in [5.74, 6) is -0.0716. The van der Waals surface area contributed by atoms with Crippen LogP contribution in [0.5, 0.6) is 5.75 Å². The van der Waals surface area contributed by atoms with Crippen molar-refractivity contribution in [3.8, 4) is 5.75 Å². The predicted octanol–water partition coefficient (Wildman–Crippen LogP) is 1.90. The van der Waals surface area contributed by atoms with Gasteiger partial charge < -0.3 is 10.5 Å². The van der Waals surface area contributed by atoms with Crippen LogP contribution in [-0.2, 0) is 6.54 Å². The fraction of sp³-hybridized carbons (Fsp3) is 0.250. The topological polar surface area (TPSA) is 35.2 Å². The first-order valence-electron chi connectivity index (χ1n) is 3.41. The standard InChI is InChI=1S/C8H9FINO/c1-12-8-6(9)2-5(4-11)3-7(8)10/h2-3H,4,11H2,1H3. The minimum absolute atomic E-state index is 0.285. The lowest BCUT2D eigenvalue weighted by molar-refractivity contribution is 0.383. The van der Waals surface area contributed by atoms with Crippen molar-refractivity contribution in [1.82, 2.24) is 0 Å². The van der Waals surface area contributed by atoms with Crippen molar-refractivity contribution in [3.05, 3.63) is 27.1 Å². The number of nitrogens with two attached hydrogens (primary N) is 1. The van der Waals surface area contributed by atoms with Gasteiger partial charge in [0.2, 0.25) is 0 Å². The molecule has 0 amide bonds. The molecular weight excluding hydrogens is 272 g/mol. The van der Waals surface area contributed by atoms with Crippen molar-refractivity contribution in [1.29, 1.82) is 0 Å². The monoisotopic (exact) mass is 281 g/mol. The molecule has 0 radical (unpaired) electrons. The molecule has 0 unspecified atom stereocenters. The summed E-state index contributed by atoms with van der Waals surface area (Å²) in [4.78, 5) is 0. The molecule has 0 fully saturated rings. The molecule has 0 saturated heterocycles. The average Bonchev–Trinajstić information content (AvgIpc) is 2.03. The average molecular weight is 281 g/mol. The van der Waals surface area contributed by atoms with Crippen LogP contribution in [0.1, 0.15) is 5.56 Å². The Bertz CT molecular complexity index is 267. The summed E-state index contributed by atoms with van der Waals surface area (Å²) in [5, 5.41) is 0. The zero-order valence-electron chi connectivity index (χ0n) is 6.60. The van der Waals surface area contributed by atoms with Gasteiger partial charge in [0.15, 0.2) is 11.6 Å². The van der Waals surface area contributed by atoms with E-state index in [4.69, 9.17) is 10.5 Å². The molecule has 0 atom stereocenters. The van der Waals surface area contributed by atoms with Crippen molar-refractivity contribution in [2.24, 2.45) is 5.73 Å². The van der Waals surface area contributed by atoms with Crippen molar-refractivity contribution in [3.63, 3.8) is 0 Å². The molecule has 0 aromatic heterocycles. The van der Waals surface area contributed by atoms with Crippen LogP contribution in [0.4, 0.5) is 4.39 Å². The van der Waals surface area contributed by atoms with Gasteiger partial charge in [-0.05, 0) is 40.3 Å². The molecule has 4 heteroatoms. The fourth-order valence-electron chi connectivity index (χ4n) is 0.925. The second-order valence-electron chi connectivity index (χ2n) is 2.30. The number of hydrogen-bond acceptors (Lipinski definition) is 2. The van der Waals surface area contributed by atoms with Crippen LogP contribution in [0.25, 0.3) is 0 Å². The summed E-state index contributed by atoms with van der Waals surface area (Å²) in [6.45, 7) is 0.344. The van der Waals surface area contributed by atoms with Crippen LogP contribution < -0.4 is 10.5 Å². The van der Waals surface area contributed by atoms with Gasteiger partial charge in [-0.15, -0.1) is 0 Å². The predicted molar refractivity (Wildman–Crippen MR) is 53.6 cm³/mol. The van der Waals surface area contributed by atoms with Gasteiger partial charge in [-0.25, -0.2) is 4.39 Å². The van der Waals surface area contributed by atoms with E-state index in [1.807, 2.05) is 28.7 Å². The Morgan fingerprint density at radius 2 is 2.25 bits per heavy atom. The number of hydrogen-bond donors (Lipinski definition) is 1. The fourth-order valence-corrected chi connectivity index (χ4v) is 1.80. The number of rotatable bonds is 2. The van der Waals surface area contributed by atoms with E-state index >= 15 is 0 Å². The molecule has 0 aliphatic heterocycles. The Morgan fingerprint density at radius 3 is 2.67 bits per heavy atom. The van der Waals surface area contributed by atoms with Crippen LogP contribution in [0.3, 0.4) is 0 Å². The number of ether oxygens (including phenoxy) is 1. The van der Waals surface area contributed by atoms with Gasteiger partial charge >= 0.3 is 0 Å². The summed E-state index contributed by atoms with van der Waals surface area (Å²) < 4.78 is 18.7. The molecular formula is C8H9FINO. The minimum Gasteiger partial charge on any atom is -0.493 e. The summed E-state index contributed by atoms with van der Waals surface area (Å²) in [5.41, 5.74) is 6.14. The molecule has 0 spiro atoms. The number of benzene rings is 1. The first-order chi connectivity index (χ1) is 5.69. The third-order valence-electron chi connectivity index (χ3n) is 1.50. The summed E-state index contributed by atoms with van der Waals surface area (Å²) in [7, 11) is 1.45. The molecule has 0 saturated carbocycles. The van der Waals surface area contributed by atoms with Gasteiger partial charge in [-0.3, -0.25) is 0 Å². The minimum atomic E-state index is -0.357. The van der Waals surface area contributed by atoms with Crippen molar-refractivity contribution in [2.45, 2.75) is 6.54 Å².